The number of hydrogen-bond acceptors (Lipinski definition) is 4. The van der Waals surface area contributed by atoms with Crippen LogP contribution in [0.1, 0.15) is 13.8 Å². The quantitative estimate of drug-likeness (QED) is 0.733. The van der Waals surface area contributed by atoms with Crippen LogP contribution in [0.5, 0.6) is 5.75 Å². The molecule has 0 spiro atoms. The summed E-state index contributed by atoms with van der Waals surface area (Å²) in [6.07, 6.45) is 1.79. The van der Waals surface area contributed by atoms with Gasteiger partial charge in [-0.2, -0.15) is 0 Å². The fraction of sp³-hybridized carbons (Fsp3) is 0.615. The van der Waals surface area contributed by atoms with Gasteiger partial charge in [0.15, 0.2) is 11.6 Å². The molecule has 96 valence electrons. The second kappa shape index (κ2) is 7.12. The van der Waals surface area contributed by atoms with Crippen molar-refractivity contribution >= 4 is 5.82 Å². The molecule has 0 aliphatic carbocycles. The van der Waals surface area contributed by atoms with Gasteiger partial charge in [-0.3, -0.25) is 0 Å². The summed E-state index contributed by atoms with van der Waals surface area (Å²) in [7, 11) is 3.70. The van der Waals surface area contributed by atoms with E-state index in [2.05, 4.69) is 29.0 Å². The van der Waals surface area contributed by atoms with E-state index in [4.69, 9.17) is 4.74 Å². The maximum atomic E-state index is 5.29. The number of hydrogen-bond donors (Lipinski definition) is 1. The number of rotatable bonds is 7. The average Bonchev–Trinajstić information content (AvgIpc) is 2.34. The largest absolute Gasteiger partial charge is 0.493 e. The van der Waals surface area contributed by atoms with Crippen LogP contribution in [0.3, 0.4) is 0 Å². The van der Waals surface area contributed by atoms with Crippen molar-refractivity contribution in [1.82, 2.24) is 10.3 Å². The molecule has 4 nitrogen and oxygen atoms in total. The average molecular weight is 237 g/mol. The lowest BCUT2D eigenvalue weighted by Crippen LogP contribution is -2.31. The van der Waals surface area contributed by atoms with Gasteiger partial charge in [0, 0.05) is 26.3 Å². The summed E-state index contributed by atoms with van der Waals surface area (Å²) < 4.78 is 5.29. The Labute approximate surface area is 104 Å². The molecule has 0 fully saturated rings. The van der Waals surface area contributed by atoms with Gasteiger partial charge < -0.3 is 15.0 Å². The summed E-state index contributed by atoms with van der Waals surface area (Å²) in [5, 5.41) is 3.41. The molecule has 1 rings (SSSR count). The number of anilines is 1. The van der Waals surface area contributed by atoms with Crippen LogP contribution in [0.2, 0.25) is 0 Å². The Kier molecular flexibility index (Phi) is 5.77. The van der Waals surface area contributed by atoms with Gasteiger partial charge in [0.05, 0.1) is 7.11 Å². The molecule has 0 radical (unpaired) electrons. The van der Waals surface area contributed by atoms with Gasteiger partial charge >= 0.3 is 0 Å². The second-order valence-electron chi connectivity index (χ2n) is 4.55. The van der Waals surface area contributed by atoms with Crippen molar-refractivity contribution in [2.75, 3.05) is 38.7 Å². The number of likely N-dealkylation sites (N-methyl/N-ethyl adjacent to an activating group) is 1. The van der Waals surface area contributed by atoms with Crippen LogP contribution in [-0.4, -0.2) is 38.8 Å². The van der Waals surface area contributed by atoms with E-state index < -0.39 is 0 Å². The smallest absolute Gasteiger partial charge is 0.171 e. The monoisotopic (exact) mass is 237 g/mol. The number of pyridine rings is 1. The molecule has 4 heteroatoms. The lowest BCUT2D eigenvalue weighted by Gasteiger charge is -2.20. The summed E-state index contributed by atoms with van der Waals surface area (Å²) in [5.41, 5.74) is 0. The van der Waals surface area contributed by atoms with E-state index in [0.717, 1.165) is 31.2 Å². The van der Waals surface area contributed by atoms with Crippen molar-refractivity contribution in [3.63, 3.8) is 0 Å². The summed E-state index contributed by atoms with van der Waals surface area (Å²) in [6.45, 7) is 7.33. The molecular weight excluding hydrogens is 214 g/mol. The van der Waals surface area contributed by atoms with Crippen LogP contribution in [0.15, 0.2) is 18.3 Å². The number of methoxy groups -OCH3 is 1. The topological polar surface area (TPSA) is 37.4 Å². The van der Waals surface area contributed by atoms with Crippen LogP contribution in [0, 0.1) is 5.92 Å². The maximum Gasteiger partial charge on any atom is 0.171 e. The molecular formula is C13H23N3O. The number of ether oxygens (including phenoxy) is 1. The Bertz CT molecular complexity index is 328. The first-order valence-corrected chi connectivity index (χ1v) is 6.06. The molecule has 0 aromatic carbocycles. The summed E-state index contributed by atoms with van der Waals surface area (Å²) >= 11 is 0. The molecule has 0 amide bonds. The van der Waals surface area contributed by atoms with Crippen molar-refractivity contribution < 1.29 is 4.74 Å². The van der Waals surface area contributed by atoms with Crippen LogP contribution in [0.25, 0.3) is 0 Å². The fourth-order valence-corrected chi connectivity index (χ4v) is 1.57. The molecule has 1 aromatic rings. The van der Waals surface area contributed by atoms with Crippen LogP contribution < -0.4 is 15.0 Å². The van der Waals surface area contributed by atoms with E-state index in [0.29, 0.717) is 5.92 Å². The predicted molar refractivity (Wildman–Crippen MR) is 71.8 cm³/mol. The van der Waals surface area contributed by atoms with E-state index >= 15 is 0 Å². The van der Waals surface area contributed by atoms with Gasteiger partial charge in [0.2, 0.25) is 0 Å². The molecule has 1 aromatic heterocycles. The highest BCUT2D eigenvalue weighted by Gasteiger charge is 2.08. The Hall–Kier alpha value is -1.29. The second-order valence-corrected chi connectivity index (χ2v) is 4.55. The standard InChI is InChI=1S/C13H23N3O/c1-11(2)10-14-8-9-16(3)13-12(17-4)6-5-7-15-13/h5-7,11,14H,8-10H2,1-4H3. The summed E-state index contributed by atoms with van der Waals surface area (Å²) in [5.74, 6) is 2.39. The third-order valence-corrected chi connectivity index (χ3v) is 2.51. The first kappa shape index (κ1) is 13.8. The van der Waals surface area contributed by atoms with E-state index in [-0.39, 0.29) is 0 Å². The van der Waals surface area contributed by atoms with Gasteiger partial charge in [-0.25, -0.2) is 4.98 Å². The van der Waals surface area contributed by atoms with Crippen molar-refractivity contribution in [3.05, 3.63) is 18.3 Å². The first-order chi connectivity index (χ1) is 8.15. The third kappa shape index (κ3) is 4.61. The molecule has 1 heterocycles. The Morgan fingerprint density at radius 1 is 1.47 bits per heavy atom. The molecule has 17 heavy (non-hydrogen) atoms. The SMILES string of the molecule is COc1cccnc1N(C)CCNCC(C)C. The van der Waals surface area contributed by atoms with Gasteiger partial charge in [0.1, 0.15) is 0 Å². The predicted octanol–water partition coefficient (Wildman–Crippen LogP) is 1.77. The third-order valence-electron chi connectivity index (χ3n) is 2.51. The van der Waals surface area contributed by atoms with Gasteiger partial charge in [-0.05, 0) is 24.6 Å². The molecule has 0 aliphatic heterocycles. The number of nitrogens with zero attached hydrogens (tertiary/aromatic N) is 2. The molecule has 0 saturated carbocycles. The zero-order valence-electron chi connectivity index (χ0n) is 11.2. The number of nitrogens with one attached hydrogen (secondary N) is 1. The minimum Gasteiger partial charge on any atom is -0.493 e. The molecule has 1 N–H and O–H groups in total. The molecule has 0 atom stereocenters. The minimum absolute atomic E-state index is 0.685. The van der Waals surface area contributed by atoms with Crippen molar-refractivity contribution in [3.8, 4) is 5.75 Å². The van der Waals surface area contributed by atoms with Crippen LogP contribution in [-0.2, 0) is 0 Å². The Balaban J connectivity index is 2.43. The minimum atomic E-state index is 0.685. The molecule has 0 unspecified atom stereocenters. The summed E-state index contributed by atoms with van der Waals surface area (Å²) in [6, 6.07) is 3.81. The van der Waals surface area contributed by atoms with Crippen molar-refractivity contribution in [1.29, 1.82) is 0 Å². The van der Waals surface area contributed by atoms with Gasteiger partial charge in [-0.1, -0.05) is 13.8 Å². The van der Waals surface area contributed by atoms with Crippen LogP contribution in [0.4, 0.5) is 5.82 Å². The highest BCUT2D eigenvalue weighted by Crippen LogP contribution is 2.22. The highest BCUT2D eigenvalue weighted by atomic mass is 16.5. The van der Waals surface area contributed by atoms with E-state index in [1.165, 1.54) is 0 Å². The van der Waals surface area contributed by atoms with Crippen molar-refractivity contribution in [2.24, 2.45) is 5.92 Å². The van der Waals surface area contributed by atoms with E-state index in [1.54, 1.807) is 13.3 Å². The van der Waals surface area contributed by atoms with Crippen LogP contribution >= 0.6 is 0 Å². The van der Waals surface area contributed by atoms with Gasteiger partial charge in [0.25, 0.3) is 0 Å². The van der Waals surface area contributed by atoms with Gasteiger partial charge in [-0.15, -0.1) is 0 Å². The fourth-order valence-electron chi connectivity index (χ4n) is 1.57. The first-order valence-electron chi connectivity index (χ1n) is 6.06. The zero-order chi connectivity index (χ0) is 12.7. The van der Waals surface area contributed by atoms with E-state index in [1.807, 2.05) is 19.2 Å². The normalized spacial score (nSPS) is 10.6. The molecule has 0 saturated heterocycles. The maximum absolute atomic E-state index is 5.29. The molecule has 0 aliphatic rings. The lowest BCUT2D eigenvalue weighted by molar-refractivity contribution is 0.412. The highest BCUT2D eigenvalue weighted by molar-refractivity contribution is 5.51. The van der Waals surface area contributed by atoms with Crippen molar-refractivity contribution in [2.45, 2.75) is 13.8 Å². The Morgan fingerprint density at radius 2 is 2.24 bits per heavy atom. The number of aromatic nitrogens is 1. The summed E-state index contributed by atoms with van der Waals surface area (Å²) in [4.78, 5) is 6.44. The zero-order valence-corrected chi connectivity index (χ0v) is 11.2. The molecule has 0 bridgehead atoms. The van der Waals surface area contributed by atoms with E-state index in [9.17, 15) is 0 Å². The lowest BCUT2D eigenvalue weighted by atomic mass is 10.2. The Morgan fingerprint density at radius 3 is 2.88 bits per heavy atom.